The Morgan fingerprint density at radius 2 is 1.68 bits per heavy atom. The molecule has 1 atom stereocenters. The van der Waals surface area contributed by atoms with E-state index in [-0.39, 0.29) is 23.5 Å². The molecule has 2 aromatic rings. The minimum absolute atomic E-state index is 0.0656. The number of ether oxygens (including phenoxy) is 1. The zero-order valence-electron chi connectivity index (χ0n) is 14.3. The van der Waals surface area contributed by atoms with Gasteiger partial charge in [0.25, 0.3) is 5.91 Å². The average Bonchev–Trinajstić information content (AvgIpc) is 2.59. The fraction of sp³-hybridized carbons (Fsp3) is 0.278. The minimum Gasteiger partial charge on any atom is -0.484 e. The van der Waals surface area contributed by atoms with E-state index in [4.69, 9.17) is 4.74 Å². The van der Waals surface area contributed by atoms with Gasteiger partial charge in [-0.05, 0) is 48.9 Å². The molecule has 0 heterocycles. The van der Waals surface area contributed by atoms with Gasteiger partial charge in [0.1, 0.15) is 5.75 Å². The van der Waals surface area contributed by atoms with E-state index in [1.807, 2.05) is 19.1 Å². The normalized spacial score (nSPS) is 12.5. The molecule has 7 heteroatoms. The second-order valence-electron chi connectivity index (χ2n) is 5.76. The van der Waals surface area contributed by atoms with E-state index in [1.54, 1.807) is 48.3 Å². The summed E-state index contributed by atoms with van der Waals surface area (Å²) in [5.41, 5.74) is 0.854. The van der Waals surface area contributed by atoms with Gasteiger partial charge in [0.05, 0.1) is 10.9 Å². The molecule has 0 aliphatic heterocycles. The molecule has 0 saturated heterocycles. The van der Waals surface area contributed by atoms with Crippen LogP contribution in [0.5, 0.6) is 5.75 Å². The van der Waals surface area contributed by atoms with Gasteiger partial charge < -0.3 is 9.64 Å². The van der Waals surface area contributed by atoms with E-state index in [9.17, 15) is 13.2 Å². The summed E-state index contributed by atoms with van der Waals surface area (Å²) in [6.45, 7) is 1.82. The smallest absolute Gasteiger partial charge is 0.260 e. The van der Waals surface area contributed by atoms with Crippen molar-refractivity contribution < 1.29 is 17.9 Å². The topological polar surface area (TPSA) is 63.7 Å². The third kappa shape index (κ3) is 5.31. The number of halogens is 1. The van der Waals surface area contributed by atoms with Crippen LogP contribution in [0.3, 0.4) is 0 Å². The van der Waals surface area contributed by atoms with Crippen molar-refractivity contribution in [2.75, 3.05) is 19.9 Å². The van der Waals surface area contributed by atoms with Gasteiger partial charge in [-0.25, -0.2) is 8.42 Å². The van der Waals surface area contributed by atoms with Crippen LogP contribution in [0.4, 0.5) is 0 Å². The van der Waals surface area contributed by atoms with Gasteiger partial charge in [-0.1, -0.05) is 28.1 Å². The number of sulfone groups is 1. The number of hydrogen-bond donors (Lipinski definition) is 0. The summed E-state index contributed by atoms with van der Waals surface area (Å²) >= 11 is 3.34. The summed E-state index contributed by atoms with van der Waals surface area (Å²) in [6, 6.07) is 13.6. The van der Waals surface area contributed by atoms with E-state index in [1.165, 1.54) is 6.26 Å². The highest BCUT2D eigenvalue weighted by Crippen LogP contribution is 2.21. The van der Waals surface area contributed by atoms with Gasteiger partial charge in [-0.2, -0.15) is 0 Å². The molecule has 0 N–H and O–H groups in total. The number of hydrogen-bond acceptors (Lipinski definition) is 4. The molecule has 2 aromatic carbocycles. The standard InChI is InChI=1S/C18H20BrNO4S/c1-13(14-4-10-17(11-5-14)25(3,22)23)20(2)18(21)12-24-16-8-6-15(19)7-9-16/h4-11,13H,12H2,1-3H3/t13-/m0/s1. The second-order valence-corrected chi connectivity index (χ2v) is 8.70. The first-order chi connectivity index (χ1) is 11.7. The maximum atomic E-state index is 12.3. The van der Waals surface area contributed by atoms with Crippen molar-refractivity contribution in [1.82, 2.24) is 4.90 Å². The lowest BCUT2D eigenvalue weighted by atomic mass is 10.1. The van der Waals surface area contributed by atoms with E-state index < -0.39 is 9.84 Å². The van der Waals surface area contributed by atoms with Gasteiger partial charge in [-0.15, -0.1) is 0 Å². The third-order valence-corrected chi connectivity index (χ3v) is 5.60. The maximum absolute atomic E-state index is 12.3. The van der Waals surface area contributed by atoms with Crippen molar-refractivity contribution in [1.29, 1.82) is 0 Å². The van der Waals surface area contributed by atoms with Crippen LogP contribution >= 0.6 is 15.9 Å². The second kappa shape index (κ2) is 8.01. The SMILES string of the molecule is C[C@@H](c1ccc(S(C)(=O)=O)cc1)N(C)C(=O)COc1ccc(Br)cc1. The molecule has 0 fully saturated rings. The fourth-order valence-corrected chi connectivity index (χ4v) is 3.11. The van der Waals surface area contributed by atoms with Crippen molar-refractivity contribution >= 4 is 31.7 Å². The van der Waals surface area contributed by atoms with E-state index in [0.717, 1.165) is 10.0 Å². The Morgan fingerprint density at radius 1 is 1.12 bits per heavy atom. The van der Waals surface area contributed by atoms with Gasteiger partial charge in [0, 0.05) is 17.8 Å². The van der Waals surface area contributed by atoms with Gasteiger partial charge in [-0.3, -0.25) is 4.79 Å². The van der Waals surface area contributed by atoms with Crippen LogP contribution in [0.15, 0.2) is 57.9 Å². The molecule has 0 unspecified atom stereocenters. The number of carbonyl (C=O) groups is 1. The molecular weight excluding hydrogens is 406 g/mol. The molecule has 0 radical (unpaired) electrons. The molecule has 0 aliphatic rings. The lowest BCUT2D eigenvalue weighted by Crippen LogP contribution is -2.33. The first kappa shape index (κ1) is 19.5. The van der Waals surface area contributed by atoms with Crippen LogP contribution < -0.4 is 4.74 Å². The van der Waals surface area contributed by atoms with Crippen molar-refractivity contribution in [2.24, 2.45) is 0 Å². The van der Waals surface area contributed by atoms with E-state index in [2.05, 4.69) is 15.9 Å². The highest BCUT2D eigenvalue weighted by atomic mass is 79.9. The third-order valence-electron chi connectivity index (χ3n) is 3.94. The Morgan fingerprint density at radius 3 is 2.20 bits per heavy atom. The molecule has 0 saturated carbocycles. The summed E-state index contributed by atoms with van der Waals surface area (Å²) in [6.07, 6.45) is 1.17. The summed E-state index contributed by atoms with van der Waals surface area (Å²) in [5, 5.41) is 0. The Balaban J connectivity index is 1.99. The van der Waals surface area contributed by atoms with Crippen molar-refractivity contribution in [3.05, 3.63) is 58.6 Å². The molecule has 0 bridgehead atoms. The van der Waals surface area contributed by atoms with Crippen LogP contribution in [-0.4, -0.2) is 39.1 Å². The van der Waals surface area contributed by atoms with Crippen molar-refractivity contribution in [3.8, 4) is 5.75 Å². The zero-order valence-corrected chi connectivity index (χ0v) is 16.7. The number of likely N-dealkylation sites (N-methyl/N-ethyl adjacent to an activating group) is 1. The van der Waals surface area contributed by atoms with E-state index in [0.29, 0.717) is 5.75 Å². The molecule has 0 spiro atoms. The Hall–Kier alpha value is -1.86. The van der Waals surface area contributed by atoms with Crippen molar-refractivity contribution in [2.45, 2.75) is 17.9 Å². The molecule has 0 aromatic heterocycles. The van der Waals surface area contributed by atoms with E-state index >= 15 is 0 Å². The predicted octanol–water partition coefficient (Wildman–Crippen LogP) is 3.45. The lowest BCUT2D eigenvalue weighted by molar-refractivity contribution is -0.134. The number of carbonyl (C=O) groups excluding carboxylic acids is 1. The molecular formula is C18H20BrNO4S. The van der Waals surface area contributed by atoms with Crippen LogP contribution in [0.25, 0.3) is 0 Å². The summed E-state index contributed by atoms with van der Waals surface area (Å²) < 4.78 is 29.5. The fourth-order valence-electron chi connectivity index (χ4n) is 2.21. The quantitative estimate of drug-likeness (QED) is 0.710. The monoisotopic (exact) mass is 425 g/mol. The van der Waals surface area contributed by atoms with Gasteiger partial charge >= 0.3 is 0 Å². The van der Waals surface area contributed by atoms with Crippen LogP contribution in [0, 0.1) is 0 Å². The minimum atomic E-state index is -3.23. The molecule has 0 aliphatic carbocycles. The highest BCUT2D eigenvalue weighted by Gasteiger charge is 2.18. The summed E-state index contributed by atoms with van der Waals surface area (Å²) in [5.74, 6) is 0.456. The Labute approximate surface area is 156 Å². The summed E-state index contributed by atoms with van der Waals surface area (Å²) in [7, 11) is -1.53. The first-order valence-corrected chi connectivity index (χ1v) is 10.3. The lowest BCUT2D eigenvalue weighted by Gasteiger charge is -2.25. The maximum Gasteiger partial charge on any atom is 0.260 e. The molecule has 25 heavy (non-hydrogen) atoms. The number of rotatable bonds is 6. The molecule has 2 rings (SSSR count). The number of benzene rings is 2. The summed E-state index contributed by atoms with van der Waals surface area (Å²) in [4.78, 5) is 14.2. The molecule has 134 valence electrons. The van der Waals surface area contributed by atoms with Crippen LogP contribution in [-0.2, 0) is 14.6 Å². The Kier molecular flexibility index (Phi) is 6.24. The van der Waals surface area contributed by atoms with Crippen molar-refractivity contribution in [3.63, 3.8) is 0 Å². The zero-order chi connectivity index (χ0) is 18.6. The number of amides is 1. The largest absolute Gasteiger partial charge is 0.484 e. The van der Waals surface area contributed by atoms with Crippen LogP contribution in [0.1, 0.15) is 18.5 Å². The van der Waals surface area contributed by atoms with Crippen LogP contribution in [0.2, 0.25) is 0 Å². The van der Waals surface area contributed by atoms with Gasteiger partial charge in [0.15, 0.2) is 16.4 Å². The Bertz CT molecular complexity index is 832. The average molecular weight is 426 g/mol. The molecule has 1 amide bonds. The first-order valence-electron chi connectivity index (χ1n) is 7.62. The predicted molar refractivity (Wildman–Crippen MR) is 100 cm³/mol. The number of nitrogens with zero attached hydrogens (tertiary/aromatic N) is 1. The highest BCUT2D eigenvalue weighted by molar-refractivity contribution is 9.10. The van der Waals surface area contributed by atoms with Gasteiger partial charge in [0.2, 0.25) is 0 Å². The molecule has 5 nitrogen and oxygen atoms in total.